The largest absolute Gasteiger partial charge is 0.490 e. The summed E-state index contributed by atoms with van der Waals surface area (Å²) in [4.78, 5) is 46.4. The smallest absolute Gasteiger partial charge is 0.242 e. The van der Waals surface area contributed by atoms with Crippen molar-refractivity contribution in [3.05, 3.63) is 30.3 Å². The highest BCUT2D eigenvalue weighted by molar-refractivity contribution is 5.85. The molecule has 8 nitrogen and oxygen atoms in total. The van der Waals surface area contributed by atoms with Crippen LogP contribution >= 0.6 is 0 Å². The van der Waals surface area contributed by atoms with Gasteiger partial charge in [-0.1, -0.05) is 24.6 Å². The SMILES string of the molecule is CN1CCN(C(=O)C[C@H]2CN(C(=O)CN3CCCCCC3=O)CC[C@@H]2Oc2ccccc2)CC1. The molecular formula is C26H38N4O4. The topological polar surface area (TPSA) is 73.4 Å². The molecule has 3 aliphatic rings. The van der Waals surface area contributed by atoms with Crippen LogP contribution < -0.4 is 4.74 Å². The van der Waals surface area contributed by atoms with Crippen LogP contribution in [-0.2, 0) is 14.4 Å². The number of para-hydroxylation sites is 1. The first-order valence-electron chi connectivity index (χ1n) is 12.7. The molecule has 0 aromatic heterocycles. The lowest BCUT2D eigenvalue weighted by atomic mass is 9.90. The predicted molar refractivity (Wildman–Crippen MR) is 129 cm³/mol. The summed E-state index contributed by atoms with van der Waals surface area (Å²) in [6.45, 7) is 5.11. The average molecular weight is 471 g/mol. The highest BCUT2D eigenvalue weighted by Gasteiger charge is 2.36. The van der Waals surface area contributed by atoms with E-state index in [4.69, 9.17) is 4.74 Å². The second-order valence-corrected chi connectivity index (χ2v) is 9.87. The Hall–Kier alpha value is -2.61. The van der Waals surface area contributed by atoms with Crippen molar-refractivity contribution in [1.29, 1.82) is 0 Å². The molecule has 8 heteroatoms. The summed E-state index contributed by atoms with van der Waals surface area (Å²) in [6, 6.07) is 9.70. The number of hydrogen-bond donors (Lipinski definition) is 0. The number of likely N-dealkylation sites (N-methyl/N-ethyl adjacent to an activating group) is 1. The number of ether oxygens (including phenoxy) is 1. The number of piperidine rings is 1. The van der Waals surface area contributed by atoms with Gasteiger partial charge in [-0.25, -0.2) is 0 Å². The van der Waals surface area contributed by atoms with Crippen molar-refractivity contribution < 1.29 is 19.1 Å². The molecule has 3 aliphatic heterocycles. The Labute approximate surface area is 202 Å². The second-order valence-electron chi connectivity index (χ2n) is 9.87. The fourth-order valence-corrected chi connectivity index (χ4v) is 5.14. The fraction of sp³-hybridized carbons (Fsp3) is 0.654. The molecule has 1 aromatic rings. The number of carbonyl (C=O) groups is 3. The van der Waals surface area contributed by atoms with Crippen molar-refractivity contribution >= 4 is 17.7 Å². The van der Waals surface area contributed by atoms with Crippen LogP contribution in [0.2, 0.25) is 0 Å². The second kappa shape index (κ2) is 11.7. The zero-order valence-electron chi connectivity index (χ0n) is 20.4. The van der Waals surface area contributed by atoms with E-state index >= 15 is 0 Å². The van der Waals surface area contributed by atoms with Crippen LogP contribution in [0.15, 0.2) is 30.3 Å². The third kappa shape index (κ3) is 6.50. The molecule has 0 N–H and O–H groups in total. The first-order chi connectivity index (χ1) is 16.5. The van der Waals surface area contributed by atoms with Gasteiger partial charge in [0.15, 0.2) is 0 Å². The minimum atomic E-state index is -0.123. The maximum atomic E-state index is 13.1. The minimum absolute atomic E-state index is 0.0227. The van der Waals surface area contributed by atoms with Crippen molar-refractivity contribution in [1.82, 2.24) is 19.6 Å². The Morgan fingerprint density at radius 3 is 2.44 bits per heavy atom. The standard InChI is InChI=1S/C26H38N4O4/c1-27-14-16-28(17-15-27)25(32)18-21-19-30(13-11-23(21)34-22-8-4-2-5-9-22)26(33)20-29-12-7-3-6-10-24(29)31/h2,4-5,8-9,21,23H,3,6-7,10-20H2,1H3/t21-,23-/m0/s1. The third-order valence-corrected chi connectivity index (χ3v) is 7.34. The zero-order chi connectivity index (χ0) is 23.9. The van der Waals surface area contributed by atoms with Crippen LogP contribution in [0.3, 0.4) is 0 Å². The lowest BCUT2D eigenvalue weighted by Gasteiger charge is -2.40. The molecule has 1 aromatic carbocycles. The molecule has 186 valence electrons. The molecular weight excluding hydrogens is 432 g/mol. The summed E-state index contributed by atoms with van der Waals surface area (Å²) in [6.07, 6.45) is 4.35. The van der Waals surface area contributed by atoms with E-state index in [-0.39, 0.29) is 36.3 Å². The summed E-state index contributed by atoms with van der Waals surface area (Å²) >= 11 is 0. The quantitative estimate of drug-likeness (QED) is 0.635. The van der Waals surface area contributed by atoms with Gasteiger partial charge in [0.25, 0.3) is 0 Å². The van der Waals surface area contributed by atoms with E-state index in [2.05, 4.69) is 11.9 Å². The number of rotatable bonds is 6. The number of carbonyl (C=O) groups excluding carboxylic acids is 3. The molecule has 0 radical (unpaired) electrons. The predicted octanol–water partition coefficient (Wildman–Crippen LogP) is 1.85. The van der Waals surface area contributed by atoms with Crippen LogP contribution in [-0.4, -0.2) is 103 Å². The molecule has 34 heavy (non-hydrogen) atoms. The lowest BCUT2D eigenvalue weighted by molar-refractivity contribution is -0.143. The monoisotopic (exact) mass is 470 g/mol. The Balaban J connectivity index is 1.41. The number of amides is 3. The van der Waals surface area contributed by atoms with Gasteiger partial charge in [0.05, 0.1) is 6.54 Å². The van der Waals surface area contributed by atoms with Gasteiger partial charge in [-0.2, -0.15) is 0 Å². The molecule has 0 unspecified atom stereocenters. The lowest BCUT2D eigenvalue weighted by Crippen LogP contribution is -2.53. The number of benzene rings is 1. The fourth-order valence-electron chi connectivity index (χ4n) is 5.14. The normalized spacial score (nSPS) is 24.6. The van der Waals surface area contributed by atoms with Crippen LogP contribution in [0.5, 0.6) is 5.75 Å². The Kier molecular flexibility index (Phi) is 8.43. The van der Waals surface area contributed by atoms with Crippen molar-refractivity contribution in [3.63, 3.8) is 0 Å². The molecule has 2 atom stereocenters. The molecule has 3 heterocycles. The highest BCUT2D eigenvalue weighted by Crippen LogP contribution is 2.27. The van der Waals surface area contributed by atoms with Gasteiger partial charge in [-0.3, -0.25) is 14.4 Å². The van der Waals surface area contributed by atoms with E-state index in [1.165, 1.54) is 0 Å². The summed E-state index contributed by atoms with van der Waals surface area (Å²) < 4.78 is 6.30. The maximum Gasteiger partial charge on any atom is 0.242 e. The number of hydrogen-bond acceptors (Lipinski definition) is 5. The molecule has 3 fully saturated rings. The van der Waals surface area contributed by atoms with Crippen molar-refractivity contribution in [2.24, 2.45) is 5.92 Å². The van der Waals surface area contributed by atoms with E-state index in [9.17, 15) is 14.4 Å². The molecule has 0 spiro atoms. The molecule has 4 rings (SSSR count). The van der Waals surface area contributed by atoms with Gasteiger partial charge in [0.1, 0.15) is 11.9 Å². The van der Waals surface area contributed by atoms with Gasteiger partial charge in [-0.15, -0.1) is 0 Å². The number of nitrogens with zero attached hydrogens (tertiary/aromatic N) is 4. The van der Waals surface area contributed by atoms with Gasteiger partial charge >= 0.3 is 0 Å². The van der Waals surface area contributed by atoms with Gasteiger partial charge in [0, 0.05) is 71.0 Å². The van der Waals surface area contributed by atoms with Crippen molar-refractivity contribution in [3.8, 4) is 5.75 Å². The minimum Gasteiger partial charge on any atom is -0.490 e. The Morgan fingerprint density at radius 2 is 1.68 bits per heavy atom. The van der Waals surface area contributed by atoms with Gasteiger partial charge in [0.2, 0.25) is 17.7 Å². The molecule has 3 saturated heterocycles. The van der Waals surface area contributed by atoms with Crippen LogP contribution in [0.25, 0.3) is 0 Å². The summed E-state index contributed by atoms with van der Waals surface area (Å²) in [5.41, 5.74) is 0. The Morgan fingerprint density at radius 1 is 0.912 bits per heavy atom. The average Bonchev–Trinajstić information content (AvgIpc) is 3.05. The van der Waals surface area contributed by atoms with E-state index in [0.29, 0.717) is 38.9 Å². The van der Waals surface area contributed by atoms with Crippen LogP contribution in [0.1, 0.15) is 38.5 Å². The van der Waals surface area contributed by atoms with Gasteiger partial charge in [-0.05, 0) is 32.0 Å². The zero-order valence-corrected chi connectivity index (χ0v) is 20.4. The van der Waals surface area contributed by atoms with Crippen molar-refractivity contribution in [2.45, 2.75) is 44.6 Å². The van der Waals surface area contributed by atoms with E-state index < -0.39 is 0 Å². The third-order valence-electron chi connectivity index (χ3n) is 7.34. The van der Waals surface area contributed by atoms with Crippen LogP contribution in [0, 0.1) is 5.92 Å². The Bertz CT molecular complexity index is 840. The van der Waals surface area contributed by atoms with E-state index in [0.717, 1.165) is 51.2 Å². The molecule has 0 aliphatic carbocycles. The summed E-state index contributed by atoms with van der Waals surface area (Å²) in [7, 11) is 2.07. The molecule has 0 saturated carbocycles. The first kappa shape index (κ1) is 24.5. The first-order valence-corrected chi connectivity index (χ1v) is 12.7. The van der Waals surface area contributed by atoms with Crippen molar-refractivity contribution in [2.75, 3.05) is 59.4 Å². The number of likely N-dealkylation sites (tertiary alicyclic amines) is 2. The number of piperazine rings is 1. The molecule has 3 amide bonds. The molecule has 0 bridgehead atoms. The van der Waals surface area contributed by atoms with E-state index in [1.807, 2.05) is 40.1 Å². The van der Waals surface area contributed by atoms with Crippen LogP contribution in [0.4, 0.5) is 0 Å². The maximum absolute atomic E-state index is 13.1. The van der Waals surface area contributed by atoms with Gasteiger partial charge < -0.3 is 24.3 Å². The summed E-state index contributed by atoms with van der Waals surface area (Å²) in [5.74, 6) is 0.904. The summed E-state index contributed by atoms with van der Waals surface area (Å²) in [5, 5.41) is 0. The van der Waals surface area contributed by atoms with E-state index in [1.54, 1.807) is 4.90 Å². The highest BCUT2D eigenvalue weighted by atomic mass is 16.5.